The molecule has 0 aromatic heterocycles. The number of halogens is 1. The van der Waals surface area contributed by atoms with Gasteiger partial charge in [0, 0.05) is 25.6 Å². The third-order valence-corrected chi connectivity index (χ3v) is 3.62. The molecule has 1 rings (SSSR count). The van der Waals surface area contributed by atoms with E-state index in [1.807, 2.05) is 0 Å². The van der Waals surface area contributed by atoms with E-state index >= 15 is 0 Å². The van der Waals surface area contributed by atoms with Gasteiger partial charge in [0.15, 0.2) is 0 Å². The van der Waals surface area contributed by atoms with Gasteiger partial charge in [-0.25, -0.2) is 9.18 Å². The highest BCUT2D eigenvalue weighted by molar-refractivity contribution is 5.78. The number of amides is 1. The molecule has 1 heterocycles. The molecule has 5 nitrogen and oxygen atoms in total. The van der Waals surface area contributed by atoms with Crippen LogP contribution in [0, 0.1) is 5.92 Å². The number of likely N-dealkylation sites (tertiary alicyclic amines) is 1. The second kappa shape index (κ2) is 9.71. The van der Waals surface area contributed by atoms with E-state index in [0.717, 1.165) is 19.3 Å². The molecular weight excluding hydrogens is 277 g/mol. The predicted octanol–water partition coefficient (Wildman–Crippen LogP) is 1.94. The Kier molecular flexibility index (Phi) is 8.27. The van der Waals surface area contributed by atoms with Crippen molar-refractivity contribution in [2.75, 3.05) is 32.9 Å². The van der Waals surface area contributed by atoms with Crippen LogP contribution in [0.15, 0.2) is 0 Å². The number of alkyl halides is 1. The van der Waals surface area contributed by atoms with Gasteiger partial charge in [0.2, 0.25) is 12.1 Å². The van der Waals surface area contributed by atoms with Crippen molar-refractivity contribution in [3.8, 4) is 0 Å². The third-order valence-electron chi connectivity index (χ3n) is 3.62. The SMILES string of the molecule is CCCCCOCC(=O)N1CCC(C(F)C(=O)OCC)C1. The highest BCUT2D eigenvalue weighted by Gasteiger charge is 2.36. The molecule has 0 aromatic rings. The van der Waals surface area contributed by atoms with E-state index in [-0.39, 0.29) is 25.7 Å². The molecule has 122 valence electrons. The van der Waals surface area contributed by atoms with Crippen LogP contribution in [-0.2, 0) is 19.1 Å². The number of carbonyl (C=O) groups excluding carboxylic acids is 2. The van der Waals surface area contributed by atoms with Crippen LogP contribution in [0.2, 0.25) is 0 Å². The Morgan fingerprint density at radius 3 is 2.76 bits per heavy atom. The number of hydrogen-bond donors (Lipinski definition) is 0. The van der Waals surface area contributed by atoms with Gasteiger partial charge >= 0.3 is 5.97 Å². The van der Waals surface area contributed by atoms with E-state index < -0.39 is 18.1 Å². The molecule has 6 heteroatoms. The molecule has 1 amide bonds. The second-order valence-electron chi connectivity index (χ2n) is 5.30. The van der Waals surface area contributed by atoms with Crippen molar-refractivity contribution in [1.82, 2.24) is 4.90 Å². The number of unbranched alkanes of at least 4 members (excludes halogenated alkanes) is 2. The maximum Gasteiger partial charge on any atom is 0.341 e. The van der Waals surface area contributed by atoms with Gasteiger partial charge in [-0.3, -0.25) is 4.79 Å². The quantitative estimate of drug-likeness (QED) is 0.482. The molecule has 0 spiro atoms. The van der Waals surface area contributed by atoms with Gasteiger partial charge in [0.1, 0.15) is 6.61 Å². The van der Waals surface area contributed by atoms with Crippen molar-refractivity contribution in [1.29, 1.82) is 0 Å². The topological polar surface area (TPSA) is 55.8 Å². The van der Waals surface area contributed by atoms with Gasteiger partial charge in [-0.2, -0.15) is 0 Å². The molecule has 0 N–H and O–H groups in total. The van der Waals surface area contributed by atoms with Gasteiger partial charge in [0.05, 0.1) is 6.61 Å². The largest absolute Gasteiger partial charge is 0.464 e. The fourth-order valence-electron chi connectivity index (χ4n) is 2.37. The van der Waals surface area contributed by atoms with E-state index in [4.69, 9.17) is 4.74 Å². The zero-order valence-electron chi connectivity index (χ0n) is 13.0. The number of carbonyl (C=O) groups is 2. The summed E-state index contributed by atoms with van der Waals surface area (Å²) in [5, 5.41) is 0. The molecule has 1 aliphatic heterocycles. The van der Waals surface area contributed by atoms with Crippen molar-refractivity contribution in [2.45, 2.75) is 45.7 Å². The lowest BCUT2D eigenvalue weighted by atomic mass is 10.0. The highest BCUT2D eigenvalue weighted by atomic mass is 19.1. The summed E-state index contributed by atoms with van der Waals surface area (Å²) in [6.07, 6.45) is 1.98. The molecular formula is C15H26FNO4. The Morgan fingerprint density at radius 2 is 2.10 bits per heavy atom. The minimum atomic E-state index is -1.65. The van der Waals surface area contributed by atoms with Crippen LogP contribution in [-0.4, -0.2) is 55.9 Å². The predicted molar refractivity (Wildman–Crippen MR) is 76.6 cm³/mol. The number of esters is 1. The van der Waals surface area contributed by atoms with Crippen LogP contribution in [0.25, 0.3) is 0 Å². The monoisotopic (exact) mass is 303 g/mol. The lowest BCUT2D eigenvalue weighted by molar-refractivity contribution is -0.151. The summed E-state index contributed by atoms with van der Waals surface area (Å²) in [5.41, 5.74) is 0. The van der Waals surface area contributed by atoms with Crippen LogP contribution in [0.1, 0.15) is 39.5 Å². The standard InChI is InChI=1S/C15H26FNO4/c1-3-5-6-9-20-11-13(18)17-8-7-12(10-17)14(16)15(19)21-4-2/h12,14H,3-11H2,1-2H3. The van der Waals surface area contributed by atoms with Gasteiger partial charge in [-0.15, -0.1) is 0 Å². The Balaban J connectivity index is 2.26. The molecule has 0 aliphatic carbocycles. The Morgan fingerprint density at radius 1 is 1.33 bits per heavy atom. The lowest BCUT2D eigenvalue weighted by Gasteiger charge is -2.18. The van der Waals surface area contributed by atoms with E-state index in [1.165, 1.54) is 0 Å². The van der Waals surface area contributed by atoms with Crippen molar-refractivity contribution < 1.29 is 23.5 Å². The molecule has 21 heavy (non-hydrogen) atoms. The smallest absolute Gasteiger partial charge is 0.341 e. The van der Waals surface area contributed by atoms with Crippen molar-refractivity contribution in [3.63, 3.8) is 0 Å². The maximum atomic E-state index is 13.9. The number of hydrogen-bond acceptors (Lipinski definition) is 4. The van der Waals surface area contributed by atoms with Crippen LogP contribution >= 0.6 is 0 Å². The molecule has 0 radical (unpaired) electrons. The van der Waals surface area contributed by atoms with E-state index in [1.54, 1.807) is 11.8 Å². The van der Waals surface area contributed by atoms with Crippen molar-refractivity contribution >= 4 is 11.9 Å². The van der Waals surface area contributed by atoms with Gasteiger partial charge in [-0.1, -0.05) is 19.8 Å². The Labute approximate surface area is 125 Å². The highest BCUT2D eigenvalue weighted by Crippen LogP contribution is 2.23. The first-order chi connectivity index (χ1) is 10.1. The zero-order valence-corrected chi connectivity index (χ0v) is 13.0. The summed E-state index contributed by atoms with van der Waals surface area (Å²) >= 11 is 0. The fraction of sp³-hybridized carbons (Fsp3) is 0.867. The first-order valence-corrected chi connectivity index (χ1v) is 7.76. The number of nitrogens with zero attached hydrogens (tertiary/aromatic N) is 1. The molecule has 2 unspecified atom stereocenters. The minimum Gasteiger partial charge on any atom is -0.464 e. The summed E-state index contributed by atoms with van der Waals surface area (Å²) in [6, 6.07) is 0. The average molecular weight is 303 g/mol. The van der Waals surface area contributed by atoms with Gasteiger partial charge in [0.25, 0.3) is 0 Å². The number of rotatable bonds is 9. The van der Waals surface area contributed by atoms with Gasteiger partial charge in [-0.05, 0) is 19.8 Å². The molecule has 1 aliphatic rings. The maximum absolute atomic E-state index is 13.9. The number of ether oxygens (including phenoxy) is 2. The fourth-order valence-corrected chi connectivity index (χ4v) is 2.37. The van der Waals surface area contributed by atoms with Crippen LogP contribution < -0.4 is 0 Å². The van der Waals surface area contributed by atoms with Gasteiger partial charge < -0.3 is 14.4 Å². The lowest BCUT2D eigenvalue weighted by Crippen LogP contribution is -2.35. The first-order valence-electron chi connectivity index (χ1n) is 7.76. The minimum absolute atomic E-state index is 0.0345. The summed E-state index contributed by atoms with van der Waals surface area (Å²) in [5.74, 6) is -1.43. The third kappa shape index (κ3) is 5.99. The second-order valence-corrected chi connectivity index (χ2v) is 5.30. The van der Waals surface area contributed by atoms with Crippen LogP contribution in [0.5, 0.6) is 0 Å². The molecule has 0 saturated carbocycles. The van der Waals surface area contributed by atoms with E-state index in [9.17, 15) is 14.0 Å². The summed E-state index contributed by atoms with van der Waals surface area (Å²) in [4.78, 5) is 24.8. The molecule has 2 atom stereocenters. The summed E-state index contributed by atoms with van der Waals surface area (Å²) < 4.78 is 23.9. The average Bonchev–Trinajstić information content (AvgIpc) is 2.96. The van der Waals surface area contributed by atoms with Crippen LogP contribution in [0.3, 0.4) is 0 Å². The molecule has 0 aromatic carbocycles. The normalized spacial score (nSPS) is 19.6. The summed E-state index contributed by atoms with van der Waals surface area (Å²) in [6.45, 7) is 5.26. The van der Waals surface area contributed by atoms with E-state index in [2.05, 4.69) is 11.7 Å². The van der Waals surface area contributed by atoms with Crippen LogP contribution in [0.4, 0.5) is 4.39 Å². The first kappa shape index (κ1) is 17.9. The molecule has 1 fully saturated rings. The summed E-state index contributed by atoms with van der Waals surface area (Å²) in [7, 11) is 0. The Bertz CT molecular complexity index is 338. The van der Waals surface area contributed by atoms with Crippen molar-refractivity contribution in [2.24, 2.45) is 5.92 Å². The zero-order chi connectivity index (χ0) is 15.7. The molecule has 1 saturated heterocycles. The Hall–Kier alpha value is -1.17. The molecule has 0 bridgehead atoms. The van der Waals surface area contributed by atoms with E-state index in [0.29, 0.717) is 19.6 Å². The van der Waals surface area contributed by atoms with Crippen molar-refractivity contribution in [3.05, 3.63) is 0 Å².